The predicted octanol–water partition coefficient (Wildman–Crippen LogP) is 16.0. The molecule has 0 fully saturated rings. The van der Waals surface area contributed by atoms with E-state index in [1.165, 1.54) is 200 Å². The maximum Gasteiger partial charge on any atom is 0.120 e. The normalized spacial score (nSPS) is 14.6. The van der Waals surface area contributed by atoms with Crippen LogP contribution in [0.3, 0.4) is 0 Å². The number of rotatable bonds is 29. The number of thiophene rings is 2. The van der Waals surface area contributed by atoms with Crippen LogP contribution in [0.1, 0.15) is 182 Å². The molecule has 5 aromatic rings. The van der Waals surface area contributed by atoms with Crippen LogP contribution in [-0.2, 0) is 0 Å². The molecule has 7 rings (SSSR count). The van der Waals surface area contributed by atoms with Crippen molar-refractivity contribution in [2.24, 2.45) is 0 Å². The summed E-state index contributed by atoms with van der Waals surface area (Å²) in [7, 11) is -3.98. The average Bonchev–Trinajstić information content (AvgIpc) is 4.09. The molecular weight excluding hydrogens is 805 g/mol. The molecule has 0 saturated heterocycles. The van der Waals surface area contributed by atoms with Gasteiger partial charge in [0.1, 0.15) is 27.2 Å². The smallest absolute Gasteiger partial charge is 0.120 e. The fourth-order valence-electron chi connectivity index (χ4n) is 11.2. The molecule has 0 radical (unpaired) electrons. The molecule has 0 atom stereocenters. The highest BCUT2D eigenvalue weighted by atomic mass is 32.1. The summed E-state index contributed by atoms with van der Waals surface area (Å²) < 4.78 is 9.56. The number of nitrogens with zero attached hydrogens (tertiary/aromatic N) is 2. The van der Waals surface area contributed by atoms with Crippen LogP contribution in [0.25, 0.3) is 42.4 Å². The van der Waals surface area contributed by atoms with Crippen LogP contribution in [0, 0.1) is 0 Å². The van der Waals surface area contributed by atoms with Gasteiger partial charge in [-0.15, -0.1) is 22.7 Å². The molecule has 5 heterocycles. The summed E-state index contributed by atoms with van der Waals surface area (Å²) in [5, 5.41) is 9.79. The molecule has 2 aromatic carbocycles. The molecule has 2 nitrogen and oxygen atoms in total. The highest BCUT2D eigenvalue weighted by molar-refractivity contribution is 7.24. The minimum Gasteiger partial charge on any atom is -0.173 e. The number of aromatic nitrogens is 2. The zero-order valence-corrected chi connectivity index (χ0v) is 42.0. The van der Waals surface area contributed by atoms with Gasteiger partial charge in [0.25, 0.3) is 0 Å². The first-order chi connectivity index (χ1) is 29.1. The molecule has 7 heteroatoms. The topological polar surface area (TPSA) is 25.8 Å². The van der Waals surface area contributed by atoms with Gasteiger partial charge >= 0.3 is 0 Å². The van der Waals surface area contributed by atoms with Crippen molar-refractivity contribution in [3.63, 3.8) is 0 Å². The van der Waals surface area contributed by atoms with E-state index >= 15 is 0 Å². The fourth-order valence-corrected chi connectivity index (χ4v) is 26.5. The van der Waals surface area contributed by atoms with E-state index in [1.54, 1.807) is 26.1 Å². The molecule has 2 aliphatic rings. The highest BCUT2D eigenvalue weighted by Gasteiger charge is 2.51. The van der Waals surface area contributed by atoms with Crippen LogP contribution in [-0.4, -0.2) is 24.9 Å². The van der Waals surface area contributed by atoms with Crippen molar-refractivity contribution in [3.8, 4) is 31.3 Å². The lowest BCUT2D eigenvalue weighted by Gasteiger charge is -2.32. The van der Waals surface area contributed by atoms with Gasteiger partial charge in [-0.05, 0) is 73.6 Å². The van der Waals surface area contributed by atoms with E-state index < -0.39 is 16.1 Å². The third-order valence-corrected chi connectivity index (χ3v) is 28.1. The van der Waals surface area contributed by atoms with E-state index in [4.69, 9.17) is 4.37 Å². The van der Waals surface area contributed by atoms with Gasteiger partial charge in [-0.2, -0.15) is 8.75 Å². The third-order valence-electron chi connectivity index (χ3n) is 14.5. The summed E-state index contributed by atoms with van der Waals surface area (Å²) in [5.41, 5.74) is 6.83. The molecule has 0 saturated carbocycles. The van der Waals surface area contributed by atoms with Gasteiger partial charge in [-0.3, -0.25) is 0 Å². The fraction of sp³-hybridized carbons (Fsp3) is 0.615. The minimum atomic E-state index is -2.06. The quantitative estimate of drug-likeness (QED) is 0.0353. The first kappa shape index (κ1) is 45.1. The Balaban J connectivity index is 1.33. The van der Waals surface area contributed by atoms with Crippen molar-refractivity contribution < 1.29 is 0 Å². The number of hydrogen-bond acceptors (Lipinski definition) is 5. The average molecular weight is 882 g/mol. The van der Waals surface area contributed by atoms with Crippen molar-refractivity contribution in [2.75, 3.05) is 0 Å². The standard InChI is InChI=1S/C52H76N2S3Si2/c1-5-9-13-17-21-25-34-58(35-26-22-18-14-10-6-2)46-32-33-55-51(46)42-38-48-43(39-47(42)58)52-49(40-45(56-52)41-30-29-31-44-50(41)54-57-53-44)59(48,36-27-23-19-15-11-7-3)37-28-24-20-16-12-8-4/h29-33,38-40H,5-28,34-37H2,1-4H3. The Bertz CT molecular complexity index is 2010. The van der Waals surface area contributed by atoms with Gasteiger partial charge in [-0.25, -0.2) is 0 Å². The third kappa shape index (κ3) is 10.0. The van der Waals surface area contributed by atoms with Crippen molar-refractivity contribution in [1.82, 2.24) is 8.75 Å². The number of unbranched alkanes of at least 4 members (excludes halogenated alkanes) is 20. The molecule has 0 N–H and O–H groups in total. The molecule has 59 heavy (non-hydrogen) atoms. The first-order valence-corrected chi connectivity index (χ1v) is 32.0. The van der Waals surface area contributed by atoms with Crippen molar-refractivity contribution in [2.45, 2.75) is 206 Å². The van der Waals surface area contributed by atoms with E-state index in [0.29, 0.717) is 0 Å². The second kappa shape index (κ2) is 22.4. The van der Waals surface area contributed by atoms with E-state index in [0.717, 1.165) is 11.0 Å². The Morgan fingerprint density at radius 1 is 0.441 bits per heavy atom. The van der Waals surface area contributed by atoms with Crippen LogP contribution in [0.4, 0.5) is 0 Å². The first-order valence-electron chi connectivity index (χ1n) is 24.8. The summed E-state index contributed by atoms with van der Waals surface area (Å²) in [6, 6.07) is 23.6. The Labute approximate surface area is 373 Å². The lowest BCUT2D eigenvalue weighted by atomic mass is 10.1. The van der Waals surface area contributed by atoms with Gasteiger partial charge < -0.3 is 0 Å². The Hall–Kier alpha value is -1.91. The zero-order chi connectivity index (χ0) is 40.9. The van der Waals surface area contributed by atoms with Crippen LogP contribution >= 0.6 is 34.4 Å². The molecule has 320 valence electrons. The van der Waals surface area contributed by atoms with Crippen LogP contribution < -0.4 is 20.7 Å². The molecular formula is C52H76N2S3Si2. The second-order valence-corrected chi connectivity index (χ2v) is 29.6. The van der Waals surface area contributed by atoms with Gasteiger partial charge in [0.05, 0.1) is 11.7 Å². The largest absolute Gasteiger partial charge is 0.173 e. The number of hydrogen-bond donors (Lipinski definition) is 0. The van der Waals surface area contributed by atoms with Crippen LogP contribution in [0.2, 0.25) is 24.2 Å². The number of benzene rings is 2. The summed E-state index contributed by atoms with van der Waals surface area (Å²) >= 11 is 5.58. The minimum absolute atomic E-state index is 1.05. The van der Waals surface area contributed by atoms with Crippen molar-refractivity contribution >= 4 is 82.3 Å². The predicted molar refractivity (Wildman–Crippen MR) is 272 cm³/mol. The van der Waals surface area contributed by atoms with Crippen LogP contribution in [0.5, 0.6) is 0 Å². The summed E-state index contributed by atoms with van der Waals surface area (Å²) in [5.74, 6) is 0. The SMILES string of the molecule is CCCCCCCC[Si]1(CCCCCCCC)c2cc3c(cc2-c2sccc21)[Si](CCCCCCCC)(CCCCCCCC)c1cc(-c2cccc4nsnc24)sc1-3. The summed E-state index contributed by atoms with van der Waals surface area (Å²) in [6.45, 7) is 9.41. The van der Waals surface area contributed by atoms with E-state index in [-0.39, 0.29) is 0 Å². The Morgan fingerprint density at radius 2 is 0.915 bits per heavy atom. The monoisotopic (exact) mass is 880 g/mol. The summed E-state index contributed by atoms with van der Waals surface area (Å²) in [6.07, 6.45) is 33.3. The van der Waals surface area contributed by atoms with Crippen molar-refractivity contribution in [3.05, 3.63) is 47.8 Å². The van der Waals surface area contributed by atoms with E-state index in [2.05, 4.69) is 103 Å². The van der Waals surface area contributed by atoms with Crippen LogP contribution in [0.15, 0.2) is 47.8 Å². The maximum absolute atomic E-state index is 4.87. The van der Waals surface area contributed by atoms with Crippen molar-refractivity contribution in [1.29, 1.82) is 0 Å². The van der Waals surface area contributed by atoms with Gasteiger partial charge in [-0.1, -0.05) is 212 Å². The van der Waals surface area contributed by atoms with E-state index in [1.807, 2.05) is 15.6 Å². The second-order valence-electron chi connectivity index (χ2n) is 18.6. The lowest BCUT2D eigenvalue weighted by molar-refractivity contribution is 0.616. The highest BCUT2D eigenvalue weighted by Crippen LogP contribution is 2.46. The Kier molecular flexibility index (Phi) is 17.2. The lowest BCUT2D eigenvalue weighted by Crippen LogP contribution is -2.56. The molecule has 0 aliphatic carbocycles. The Morgan fingerprint density at radius 3 is 1.44 bits per heavy atom. The van der Waals surface area contributed by atoms with Gasteiger partial charge in [0, 0.05) is 20.2 Å². The molecule has 3 aromatic heterocycles. The zero-order valence-electron chi connectivity index (χ0n) is 37.5. The number of fused-ring (bicyclic) bond motifs is 7. The molecule has 0 spiro atoms. The summed E-state index contributed by atoms with van der Waals surface area (Å²) in [4.78, 5) is 4.77. The molecule has 0 amide bonds. The van der Waals surface area contributed by atoms with Gasteiger partial charge in [0.15, 0.2) is 0 Å². The molecule has 2 aliphatic heterocycles. The maximum atomic E-state index is 4.87. The van der Waals surface area contributed by atoms with E-state index in [9.17, 15) is 0 Å². The molecule has 0 unspecified atom stereocenters. The molecule has 0 bridgehead atoms. The van der Waals surface area contributed by atoms with Gasteiger partial charge in [0.2, 0.25) is 0 Å².